The quantitative estimate of drug-likeness (QED) is 0.655. The number of hydrogen-bond acceptors (Lipinski definition) is 3. The number of hydrogen-bond donors (Lipinski definition) is 1. The van der Waals surface area contributed by atoms with Crippen molar-refractivity contribution >= 4 is 12.0 Å². The van der Waals surface area contributed by atoms with Gasteiger partial charge < -0.3 is 14.5 Å². The number of carbonyl (C=O) groups is 1. The zero-order chi connectivity index (χ0) is 15.1. The van der Waals surface area contributed by atoms with Gasteiger partial charge in [-0.3, -0.25) is 4.79 Å². The molecule has 0 saturated heterocycles. The van der Waals surface area contributed by atoms with Gasteiger partial charge in [0.25, 0.3) is 0 Å². The molecule has 0 spiro atoms. The van der Waals surface area contributed by atoms with Crippen LogP contribution in [0, 0.1) is 13.8 Å². The van der Waals surface area contributed by atoms with Gasteiger partial charge in [0.15, 0.2) is 0 Å². The molecule has 0 unspecified atom stereocenters. The van der Waals surface area contributed by atoms with E-state index in [1.54, 1.807) is 6.08 Å². The lowest BCUT2D eigenvalue weighted by Crippen LogP contribution is -2.26. The minimum absolute atomic E-state index is 0.170. The van der Waals surface area contributed by atoms with Crippen LogP contribution in [0.1, 0.15) is 17.1 Å². The van der Waals surface area contributed by atoms with Gasteiger partial charge in [-0.15, -0.1) is 0 Å². The van der Waals surface area contributed by atoms with Crippen molar-refractivity contribution in [2.45, 2.75) is 13.8 Å². The Hall–Kier alpha value is -2.49. The molecule has 1 aromatic carbocycles. The predicted molar refractivity (Wildman–Crippen MR) is 82.2 cm³/mol. The molecule has 2 rings (SSSR count). The molecule has 1 amide bonds. The molecule has 1 aromatic heterocycles. The molecular weight excluding hydrogens is 266 g/mol. The van der Waals surface area contributed by atoms with Crippen LogP contribution in [0.4, 0.5) is 0 Å². The Balaban J connectivity index is 1.67. The van der Waals surface area contributed by atoms with Crippen LogP contribution in [-0.4, -0.2) is 19.1 Å². The Morgan fingerprint density at radius 1 is 1.19 bits per heavy atom. The number of benzene rings is 1. The minimum atomic E-state index is -0.170. The maximum absolute atomic E-state index is 11.6. The molecule has 1 heterocycles. The van der Waals surface area contributed by atoms with Gasteiger partial charge >= 0.3 is 0 Å². The Bertz CT molecular complexity index is 611. The summed E-state index contributed by atoms with van der Waals surface area (Å²) >= 11 is 0. The summed E-state index contributed by atoms with van der Waals surface area (Å²) in [5.41, 5.74) is 1.19. The van der Waals surface area contributed by atoms with Crippen LogP contribution in [0.2, 0.25) is 0 Å². The summed E-state index contributed by atoms with van der Waals surface area (Å²) < 4.78 is 10.9. The first-order chi connectivity index (χ1) is 10.1. The van der Waals surface area contributed by atoms with Gasteiger partial charge in [0, 0.05) is 6.08 Å². The van der Waals surface area contributed by atoms with E-state index in [9.17, 15) is 4.79 Å². The first-order valence-electron chi connectivity index (χ1n) is 6.85. The molecule has 21 heavy (non-hydrogen) atoms. The highest BCUT2D eigenvalue weighted by molar-refractivity contribution is 5.91. The number of carbonyl (C=O) groups excluding carboxylic acids is 1. The summed E-state index contributed by atoms with van der Waals surface area (Å²) in [7, 11) is 0. The monoisotopic (exact) mass is 285 g/mol. The zero-order valence-corrected chi connectivity index (χ0v) is 12.3. The van der Waals surface area contributed by atoms with E-state index in [-0.39, 0.29) is 5.91 Å². The maximum Gasteiger partial charge on any atom is 0.244 e. The molecule has 0 fully saturated rings. The summed E-state index contributed by atoms with van der Waals surface area (Å²) in [5, 5.41) is 2.75. The van der Waals surface area contributed by atoms with Gasteiger partial charge in [-0.1, -0.05) is 17.7 Å². The maximum atomic E-state index is 11.6. The lowest BCUT2D eigenvalue weighted by atomic mass is 10.2. The molecule has 0 atom stereocenters. The highest BCUT2D eigenvalue weighted by atomic mass is 16.5. The number of furan rings is 1. The number of rotatable bonds is 6. The van der Waals surface area contributed by atoms with Crippen LogP contribution in [0.15, 0.2) is 46.9 Å². The van der Waals surface area contributed by atoms with Crippen molar-refractivity contribution in [3.05, 3.63) is 59.6 Å². The molecule has 0 aliphatic heterocycles. The highest BCUT2D eigenvalue weighted by Crippen LogP contribution is 2.10. The summed E-state index contributed by atoms with van der Waals surface area (Å²) in [6, 6.07) is 11.5. The average molecular weight is 285 g/mol. The van der Waals surface area contributed by atoms with Gasteiger partial charge in [0.1, 0.15) is 23.9 Å². The molecule has 0 aliphatic carbocycles. The van der Waals surface area contributed by atoms with Crippen molar-refractivity contribution in [3.8, 4) is 5.75 Å². The molecule has 4 nitrogen and oxygen atoms in total. The molecule has 2 aromatic rings. The first-order valence-corrected chi connectivity index (χ1v) is 6.85. The normalized spacial score (nSPS) is 10.8. The Labute approximate surface area is 124 Å². The summed E-state index contributed by atoms with van der Waals surface area (Å²) in [6.07, 6.45) is 3.09. The van der Waals surface area contributed by atoms with Gasteiger partial charge in [0.2, 0.25) is 5.91 Å². The highest BCUT2D eigenvalue weighted by Gasteiger charge is 1.98. The molecule has 0 saturated carbocycles. The third kappa shape index (κ3) is 5.18. The fourth-order valence-corrected chi connectivity index (χ4v) is 1.74. The second-order valence-corrected chi connectivity index (χ2v) is 4.73. The van der Waals surface area contributed by atoms with E-state index in [0.29, 0.717) is 18.9 Å². The van der Waals surface area contributed by atoms with Crippen molar-refractivity contribution in [2.75, 3.05) is 13.2 Å². The van der Waals surface area contributed by atoms with Crippen LogP contribution in [0.5, 0.6) is 5.75 Å². The number of aryl methyl sites for hydroxylation is 2. The van der Waals surface area contributed by atoms with Gasteiger partial charge in [-0.2, -0.15) is 0 Å². The van der Waals surface area contributed by atoms with E-state index < -0.39 is 0 Å². The molecule has 1 N–H and O–H groups in total. The summed E-state index contributed by atoms with van der Waals surface area (Å²) in [4.78, 5) is 11.6. The Morgan fingerprint density at radius 2 is 1.95 bits per heavy atom. The topological polar surface area (TPSA) is 51.5 Å². The number of ether oxygens (including phenoxy) is 1. The smallest absolute Gasteiger partial charge is 0.244 e. The van der Waals surface area contributed by atoms with E-state index in [2.05, 4.69) is 5.32 Å². The predicted octanol–water partition coefficient (Wildman–Crippen LogP) is 3.10. The fourth-order valence-electron chi connectivity index (χ4n) is 1.74. The van der Waals surface area contributed by atoms with Gasteiger partial charge in [0.05, 0.1) is 6.54 Å². The van der Waals surface area contributed by atoms with E-state index in [1.165, 1.54) is 11.6 Å². The molecular formula is C17H19NO3. The van der Waals surface area contributed by atoms with Crippen molar-refractivity contribution < 1.29 is 13.9 Å². The van der Waals surface area contributed by atoms with Gasteiger partial charge in [-0.25, -0.2) is 0 Å². The van der Waals surface area contributed by atoms with Crippen LogP contribution in [0.25, 0.3) is 6.08 Å². The largest absolute Gasteiger partial charge is 0.492 e. The summed E-state index contributed by atoms with van der Waals surface area (Å²) in [5.74, 6) is 2.12. The Morgan fingerprint density at radius 3 is 2.62 bits per heavy atom. The van der Waals surface area contributed by atoms with Crippen molar-refractivity contribution in [2.24, 2.45) is 0 Å². The SMILES string of the molecule is Cc1ccc(OCCNC(=O)C=Cc2ccc(C)o2)cc1. The fraction of sp³-hybridized carbons (Fsp3) is 0.235. The van der Waals surface area contributed by atoms with E-state index in [0.717, 1.165) is 11.5 Å². The zero-order valence-electron chi connectivity index (χ0n) is 12.3. The van der Waals surface area contributed by atoms with Crippen molar-refractivity contribution in [3.63, 3.8) is 0 Å². The second kappa shape index (κ2) is 7.33. The third-order valence-corrected chi connectivity index (χ3v) is 2.85. The van der Waals surface area contributed by atoms with Crippen molar-refractivity contribution in [1.29, 1.82) is 0 Å². The molecule has 0 bridgehead atoms. The number of amides is 1. The van der Waals surface area contributed by atoms with Crippen LogP contribution in [0.3, 0.4) is 0 Å². The lowest BCUT2D eigenvalue weighted by molar-refractivity contribution is -0.116. The third-order valence-electron chi connectivity index (χ3n) is 2.85. The van der Waals surface area contributed by atoms with E-state index in [4.69, 9.17) is 9.15 Å². The standard InChI is InChI=1S/C17H19NO3/c1-13-3-6-15(7-4-13)20-12-11-18-17(19)10-9-16-8-5-14(2)21-16/h3-10H,11-12H2,1-2H3,(H,18,19). The molecule has 110 valence electrons. The van der Waals surface area contributed by atoms with Crippen LogP contribution in [-0.2, 0) is 4.79 Å². The average Bonchev–Trinajstić information content (AvgIpc) is 2.89. The summed E-state index contributed by atoms with van der Waals surface area (Å²) in [6.45, 7) is 4.77. The molecule has 4 heteroatoms. The van der Waals surface area contributed by atoms with Crippen molar-refractivity contribution in [1.82, 2.24) is 5.32 Å². The first kappa shape index (κ1) is 14.9. The Kier molecular flexibility index (Phi) is 5.21. The van der Waals surface area contributed by atoms with Crippen LogP contribution >= 0.6 is 0 Å². The minimum Gasteiger partial charge on any atom is -0.492 e. The van der Waals surface area contributed by atoms with E-state index in [1.807, 2.05) is 50.2 Å². The van der Waals surface area contributed by atoms with E-state index >= 15 is 0 Å². The second-order valence-electron chi connectivity index (χ2n) is 4.73. The van der Waals surface area contributed by atoms with Crippen LogP contribution < -0.4 is 10.1 Å². The van der Waals surface area contributed by atoms with Gasteiger partial charge in [-0.05, 0) is 44.2 Å². The lowest BCUT2D eigenvalue weighted by Gasteiger charge is -2.06. The number of nitrogens with one attached hydrogen (secondary N) is 1. The molecule has 0 radical (unpaired) electrons. The molecule has 0 aliphatic rings.